The van der Waals surface area contributed by atoms with Crippen molar-refractivity contribution in [2.45, 2.75) is 25.4 Å². The Kier molecular flexibility index (Phi) is 4.41. The van der Waals surface area contributed by atoms with E-state index in [1.54, 1.807) is 4.90 Å². The van der Waals surface area contributed by atoms with E-state index in [4.69, 9.17) is 0 Å². The lowest BCUT2D eigenvalue weighted by Crippen LogP contribution is -2.29. The summed E-state index contributed by atoms with van der Waals surface area (Å²) in [7, 11) is 0. The second-order valence-corrected chi connectivity index (χ2v) is 4.57. The van der Waals surface area contributed by atoms with Gasteiger partial charge in [-0.1, -0.05) is 0 Å². The predicted octanol–water partition coefficient (Wildman–Crippen LogP) is 1.92. The summed E-state index contributed by atoms with van der Waals surface area (Å²) in [6.45, 7) is 1.91. The van der Waals surface area contributed by atoms with Gasteiger partial charge in [0.1, 0.15) is 5.82 Å². The third-order valence-electron chi connectivity index (χ3n) is 3.06. The van der Waals surface area contributed by atoms with E-state index < -0.39 is 11.9 Å². The van der Waals surface area contributed by atoms with Crippen LogP contribution in [0.5, 0.6) is 0 Å². The topological polar surface area (TPSA) is 58.1 Å². The zero-order valence-corrected chi connectivity index (χ0v) is 10.8. The molecule has 1 aliphatic rings. The number of halogens is 3. The number of anilines is 1. The Morgan fingerprint density at radius 3 is 2.50 bits per heavy atom. The summed E-state index contributed by atoms with van der Waals surface area (Å²) in [6, 6.07) is 2.06. The number of amides is 1. The molecular weight excluding hydrogens is 273 g/mol. The molecule has 0 bridgehead atoms. The number of rotatable bonds is 4. The first kappa shape index (κ1) is 14.5. The Morgan fingerprint density at radius 2 is 1.95 bits per heavy atom. The van der Waals surface area contributed by atoms with Crippen molar-refractivity contribution in [3.05, 3.63) is 17.8 Å². The van der Waals surface area contributed by atoms with Crippen LogP contribution in [0.4, 0.5) is 19.0 Å². The van der Waals surface area contributed by atoms with Crippen molar-refractivity contribution >= 4 is 11.7 Å². The number of nitrogens with zero attached hydrogens (tertiary/aromatic N) is 3. The molecule has 0 saturated carbocycles. The molecule has 1 aromatic rings. The van der Waals surface area contributed by atoms with Gasteiger partial charge < -0.3 is 10.2 Å². The molecule has 0 aromatic carbocycles. The number of hydrogen-bond acceptors (Lipinski definition) is 4. The molecule has 5 nitrogen and oxygen atoms in total. The van der Waals surface area contributed by atoms with Crippen molar-refractivity contribution < 1.29 is 18.0 Å². The molecule has 2 heterocycles. The Morgan fingerprint density at radius 1 is 1.25 bits per heavy atom. The van der Waals surface area contributed by atoms with Crippen LogP contribution in [0.2, 0.25) is 0 Å². The highest BCUT2D eigenvalue weighted by Crippen LogP contribution is 2.27. The lowest BCUT2D eigenvalue weighted by atomic mass is 10.3. The van der Waals surface area contributed by atoms with Crippen molar-refractivity contribution in [3.63, 3.8) is 0 Å². The standard InChI is InChI=1S/C12H15F3N4O/c13-12(14,15)9-3-4-10(18-17-9)16-6-5-11(20)19-7-1-2-8-19/h3-4H,1-2,5-8H2,(H,16,18). The number of aromatic nitrogens is 2. The van der Waals surface area contributed by atoms with Crippen LogP contribution in [-0.4, -0.2) is 40.6 Å². The second kappa shape index (κ2) is 6.06. The van der Waals surface area contributed by atoms with Crippen LogP contribution >= 0.6 is 0 Å². The number of likely N-dealkylation sites (tertiary alicyclic amines) is 1. The monoisotopic (exact) mass is 288 g/mol. The van der Waals surface area contributed by atoms with Gasteiger partial charge >= 0.3 is 6.18 Å². The van der Waals surface area contributed by atoms with Crippen molar-refractivity contribution in [2.24, 2.45) is 0 Å². The van der Waals surface area contributed by atoms with Crippen LogP contribution < -0.4 is 5.32 Å². The number of carbonyl (C=O) groups is 1. The van der Waals surface area contributed by atoms with Crippen LogP contribution in [0.1, 0.15) is 25.0 Å². The number of hydrogen-bond donors (Lipinski definition) is 1. The predicted molar refractivity (Wildman–Crippen MR) is 66.0 cm³/mol. The first-order valence-corrected chi connectivity index (χ1v) is 6.39. The molecule has 110 valence electrons. The van der Waals surface area contributed by atoms with E-state index in [0.29, 0.717) is 13.0 Å². The molecule has 2 rings (SSSR count). The molecule has 0 unspecified atom stereocenters. The lowest BCUT2D eigenvalue weighted by molar-refractivity contribution is -0.141. The molecule has 0 atom stereocenters. The minimum absolute atomic E-state index is 0.0508. The Balaban J connectivity index is 1.78. The largest absolute Gasteiger partial charge is 0.435 e. The highest BCUT2D eigenvalue weighted by atomic mass is 19.4. The SMILES string of the molecule is O=C(CCNc1ccc(C(F)(F)F)nn1)N1CCCC1. The van der Waals surface area contributed by atoms with Gasteiger partial charge in [-0.05, 0) is 25.0 Å². The molecule has 1 amide bonds. The van der Waals surface area contributed by atoms with Gasteiger partial charge in [-0.2, -0.15) is 13.2 Å². The lowest BCUT2D eigenvalue weighted by Gasteiger charge is -2.15. The molecule has 0 radical (unpaired) electrons. The van der Waals surface area contributed by atoms with Gasteiger partial charge in [0.2, 0.25) is 5.91 Å². The maximum Gasteiger partial charge on any atom is 0.435 e. The van der Waals surface area contributed by atoms with Crippen LogP contribution in [0, 0.1) is 0 Å². The van der Waals surface area contributed by atoms with E-state index in [1.165, 1.54) is 6.07 Å². The van der Waals surface area contributed by atoms with E-state index in [1.807, 2.05) is 0 Å². The highest BCUT2D eigenvalue weighted by molar-refractivity contribution is 5.76. The highest BCUT2D eigenvalue weighted by Gasteiger charge is 2.32. The average Bonchev–Trinajstić information content (AvgIpc) is 2.92. The Bertz CT molecular complexity index is 455. The smallest absolute Gasteiger partial charge is 0.368 e. The Hall–Kier alpha value is -1.86. The van der Waals surface area contributed by atoms with Gasteiger partial charge in [0.15, 0.2) is 5.69 Å². The fourth-order valence-corrected chi connectivity index (χ4v) is 2.00. The van der Waals surface area contributed by atoms with Crippen molar-refractivity contribution in [1.29, 1.82) is 0 Å². The zero-order valence-electron chi connectivity index (χ0n) is 10.8. The molecule has 20 heavy (non-hydrogen) atoms. The summed E-state index contributed by atoms with van der Waals surface area (Å²) >= 11 is 0. The minimum Gasteiger partial charge on any atom is -0.368 e. The maximum atomic E-state index is 12.3. The number of carbonyl (C=O) groups excluding carboxylic acids is 1. The van der Waals surface area contributed by atoms with E-state index in [2.05, 4.69) is 15.5 Å². The van der Waals surface area contributed by atoms with Crippen molar-refractivity contribution in [2.75, 3.05) is 25.0 Å². The number of alkyl halides is 3. The molecule has 1 fully saturated rings. The molecule has 0 aliphatic carbocycles. The van der Waals surface area contributed by atoms with E-state index in [0.717, 1.165) is 32.0 Å². The van der Waals surface area contributed by atoms with Crippen LogP contribution in [-0.2, 0) is 11.0 Å². The molecule has 1 aromatic heterocycles. The minimum atomic E-state index is -4.49. The van der Waals surface area contributed by atoms with Crippen LogP contribution in [0.3, 0.4) is 0 Å². The molecule has 1 aliphatic heterocycles. The third-order valence-corrected chi connectivity index (χ3v) is 3.06. The van der Waals surface area contributed by atoms with E-state index in [9.17, 15) is 18.0 Å². The van der Waals surface area contributed by atoms with E-state index in [-0.39, 0.29) is 11.7 Å². The maximum absolute atomic E-state index is 12.3. The first-order chi connectivity index (χ1) is 9.47. The van der Waals surface area contributed by atoms with Gasteiger partial charge in [-0.25, -0.2) is 0 Å². The summed E-state index contributed by atoms with van der Waals surface area (Å²) in [5.74, 6) is 0.280. The van der Waals surface area contributed by atoms with E-state index >= 15 is 0 Å². The summed E-state index contributed by atoms with van der Waals surface area (Å²) in [5, 5.41) is 9.32. The quantitative estimate of drug-likeness (QED) is 0.919. The Labute approximate surface area is 114 Å². The normalized spacial score (nSPS) is 15.4. The van der Waals surface area contributed by atoms with Crippen LogP contribution in [0.15, 0.2) is 12.1 Å². The van der Waals surface area contributed by atoms with Gasteiger partial charge in [0.05, 0.1) is 0 Å². The molecule has 1 N–H and O–H groups in total. The van der Waals surface area contributed by atoms with Gasteiger partial charge in [-0.15, -0.1) is 10.2 Å². The van der Waals surface area contributed by atoms with Crippen molar-refractivity contribution in [3.8, 4) is 0 Å². The molecular formula is C12H15F3N4O. The zero-order chi connectivity index (χ0) is 14.6. The summed E-state index contributed by atoms with van der Waals surface area (Å²) < 4.78 is 36.8. The summed E-state index contributed by atoms with van der Waals surface area (Å²) in [5.41, 5.74) is -1.03. The number of nitrogens with one attached hydrogen (secondary N) is 1. The second-order valence-electron chi connectivity index (χ2n) is 4.57. The average molecular weight is 288 g/mol. The molecule has 8 heteroatoms. The first-order valence-electron chi connectivity index (χ1n) is 6.39. The van der Waals surface area contributed by atoms with Crippen molar-refractivity contribution in [1.82, 2.24) is 15.1 Å². The fourth-order valence-electron chi connectivity index (χ4n) is 2.00. The van der Waals surface area contributed by atoms with Gasteiger partial charge in [0, 0.05) is 26.1 Å². The molecule has 1 saturated heterocycles. The van der Waals surface area contributed by atoms with Gasteiger partial charge in [-0.3, -0.25) is 4.79 Å². The molecule has 0 spiro atoms. The fraction of sp³-hybridized carbons (Fsp3) is 0.583. The van der Waals surface area contributed by atoms with Crippen LogP contribution in [0.25, 0.3) is 0 Å². The third kappa shape index (κ3) is 3.82. The van der Waals surface area contributed by atoms with Gasteiger partial charge in [0.25, 0.3) is 0 Å². The summed E-state index contributed by atoms with van der Waals surface area (Å²) in [6.07, 6.45) is -2.13. The summed E-state index contributed by atoms with van der Waals surface area (Å²) in [4.78, 5) is 13.5.